The van der Waals surface area contributed by atoms with Crippen LogP contribution in [0.3, 0.4) is 0 Å². The van der Waals surface area contributed by atoms with Gasteiger partial charge in [0.15, 0.2) is 0 Å². The van der Waals surface area contributed by atoms with Gasteiger partial charge in [-0.05, 0) is 36.9 Å². The third-order valence-electron chi connectivity index (χ3n) is 5.01. The number of aliphatic imine (C=N–C) groups is 1. The lowest BCUT2D eigenvalue weighted by Crippen LogP contribution is -2.47. The summed E-state index contributed by atoms with van der Waals surface area (Å²) >= 11 is 0. The van der Waals surface area contributed by atoms with Gasteiger partial charge in [0.2, 0.25) is 0 Å². The maximum atomic E-state index is 13.3. The number of anilines is 1. The van der Waals surface area contributed by atoms with E-state index in [1.54, 1.807) is 0 Å². The first kappa shape index (κ1) is 16.1. The molecule has 130 valence electrons. The van der Waals surface area contributed by atoms with E-state index in [0.717, 1.165) is 55.4 Å². The van der Waals surface area contributed by atoms with Crippen molar-refractivity contribution < 1.29 is 4.39 Å². The number of nitrogens with one attached hydrogen (secondary N) is 1. The number of fused-ring (bicyclic) bond motifs is 1. The highest BCUT2D eigenvalue weighted by atomic mass is 19.1. The SMILES string of the molecule is CN1CCN(C2=Nc3ccccc3NC(c3ccc(F)cc3)C2)CC1. The Bertz CT molecular complexity index is 764. The first-order valence-corrected chi connectivity index (χ1v) is 8.81. The number of para-hydroxylation sites is 2. The van der Waals surface area contributed by atoms with Crippen LogP contribution in [0, 0.1) is 5.82 Å². The molecule has 0 aliphatic carbocycles. The molecule has 2 aromatic rings. The minimum absolute atomic E-state index is 0.0858. The number of rotatable bonds is 1. The second-order valence-electron chi connectivity index (χ2n) is 6.79. The molecule has 4 rings (SSSR count). The molecule has 0 amide bonds. The molecule has 1 unspecified atom stereocenters. The Morgan fingerprint density at radius 1 is 1.00 bits per heavy atom. The van der Waals surface area contributed by atoms with Crippen LogP contribution in [0.4, 0.5) is 15.8 Å². The van der Waals surface area contributed by atoms with Gasteiger partial charge in [0, 0.05) is 32.6 Å². The van der Waals surface area contributed by atoms with Crippen LogP contribution in [-0.2, 0) is 0 Å². The second-order valence-corrected chi connectivity index (χ2v) is 6.79. The fourth-order valence-electron chi connectivity index (χ4n) is 3.46. The molecule has 1 atom stereocenters. The van der Waals surface area contributed by atoms with Crippen molar-refractivity contribution in [2.24, 2.45) is 4.99 Å². The smallest absolute Gasteiger partial charge is 0.123 e. The minimum Gasteiger partial charge on any atom is -0.376 e. The molecule has 5 heteroatoms. The molecule has 0 bridgehead atoms. The molecule has 0 spiro atoms. The topological polar surface area (TPSA) is 30.9 Å². The number of amidine groups is 1. The summed E-state index contributed by atoms with van der Waals surface area (Å²) in [5.74, 6) is 0.908. The molecule has 25 heavy (non-hydrogen) atoms. The van der Waals surface area contributed by atoms with E-state index in [0.29, 0.717) is 0 Å². The quantitative estimate of drug-likeness (QED) is 0.861. The number of hydrogen-bond acceptors (Lipinski definition) is 4. The Kier molecular flexibility index (Phi) is 4.40. The van der Waals surface area contributed by atoms with Gasteiger partial charge in [-0.25, -0.2) is 9.38 Å². The molecular formula is C20H23FN4. The standard InChI is InChI=1S/C20H23FN4/c1-24-10-12-25(13-11-24)20-14-19(15-6-8-16(21)9-7-15)22-17-4-2-3-5-18(17)23-20/h2-9,19,22H,10-14H2,1H3. The summed E-state index contributed by atoms with van der Waals surface area (Å²) in [4.78, 5) is 9.70. The van der Waals surface area contributed by atoms with Crippen molar-refractivity contribution in [1.29, 1.82) is 0 Å². The van der Waals surface area contributed by atoms with Crippen LogP contribution in [0.15, 0.2) is 53.5 Å². The lowest BCUT2D eigenvalue weighted by molar-refractivity contribution is 0.213. The molecule has 4 nitrogen and oxygen atoms in total. The van der Waals surface area contributed by atoms with Crippen LogP contribution in [0.2, 0.25) is 0 Å². The largest absolute Gasteiger partial charge is 0.376 e. The predicted molar refractivity (Wildman–Crippen MR) is 100.0 cm³/mol. The molecule has 2 aromatic carbocycles. The predicted octanol–water partition coefficient (Wildman–Crippen LogP) is 3.66. The summed E-state index contributed by atoms with van der Waals surface area (Å²) in [7, 11) is 2.16. The molecule has 1 N–H and O–H groups in total. The number of benzene rings is 2. The molecule has 1 fully saturated rings. The Labute approximate surface area is 148 Å². The van der Waals surface area contributed by atoms with E-state index in [9.17, 15) is 4.39 Å². The van der Waals surface area contributed by atoms with Crippen molar-refractivity contribution in [2.75, 3.05) is 38.5 Å². The Morgan fingerprint density at radius 3 is 2.48 bits per heavy atom. The number of nitrogens with zero attached hydrogens (tertiary/aromatic N) is 3. The van der Waals surface area contributed by atoms with Crippen molar-refractivity contribution in [3.05, 3.63) is 59.9 Å². The van der Waals surface area contributed by atoms with Crippen LogP contribution < -0.4 is 5.32 Å². The van der Waals surface area contributed by atoms with Crippen LogP contribution >= 0.6 is 0 Å². The maximum absolute atomic E-state index is 13.3. The molecule has 2 heterocycles. The fourth-order valence-corrected chi connectivity index (χ4v) is 3.46. The summed E-state index contributed by atoms with van der Waals surface area (Å²) in [5.41, 5.74) is 3.09. The van der Waals surface area contributed by atoms with Gasteiger partial charge >= 0.3 is 0 Å². The maximum Gasteiger partial charge on any atom is 0.123 e. The van der Waals surface area contributed by atoms with Crippen molar-refractivity contribution in [3.8, 4) is 0 Å². The molecule has 0 radical (unpaired) electrons. The van der Waals surface area contributed by atoms with Gasteiger partial charge in [-0.1, -0.05) is 24.3 Å². The van der Waals surface area contributed by atoms with E-state index in [1.807, 2.05) is 30.3 Å². The van der Waals surface area contributed by atoms with Crippen molar-refractivity contribution in [1.82, 2.24) is 9.80 Å². The van der Waals surface area contributed by atoms with Gasteiger partial charge in [-0.3, -0.25) is 0 Å². The lowest BCUT2D eigenvalue weighted by atomic mass is 10.0. The molecule has 2 aliphatic heterocycles. The zero-order valence-corrected chi connectivity index (χ0v) is 14.5. The first-order chi connectivity index (χ1) is 12.2. The fraction of sp³-hybridized carbons (Fsp3) is 0.350. The Hall–Kier alpha value is -2.40. The van der Waals surface area contributed by atoms with Gasteiger partial charge in [0.25, 0.3) is 0 Å². The summed E-state index contributed by atoms with van der Waals surface area (Å²) in [5, 5.41) is 3.60. The summed E-state index contributed by atoms with van der Waals surface area (Å²) < 4.78 is 13.3. The van der Waals surface area contributed by atoms with E-state index >= 15 is 0 Å². The highest BCUT2D eigenvalue weighted by Crippen LogP contribution is 2.34. The number of halogens is 1. The van der Waals surface area contributed by atoms with Gasteiger partial charge in [-0.15, -0.1) is 0 Å². The number of hydrogen-bond donors (Lipinski definition) is 1. The van der Waals surface area contributed by atoms with E-state index < -0.39 is 0 Å². The van der Waals surface area contributed by atoms with Crippen LogP contribution in [0.1, 0.15) is 18.0 Å². The van der Waals surface area contributed by atoms with Crippen LogP contribution in [0.5, 0.6) is 0 Å². The molecular weight excluding hydrogens is 315 g/mol. The van der Waals surface area contributed by atoms with Crippen molar-refractivity contribution in [3.63, 3.8) is 0 Å². The Balaban J connectivity index is 1.67. The first-order valence-electron chi connectivity index (χ1n) is 8.81. The van der Waals surface area contributed by atoms with Gasteiger partial charge in [0.1, 0.15) is 11.7 Å². The van der Waals surface area contributed by atoms with Gasteiger partial charge < -0.3 is 15.1 Å². The van der Waals surface area contributed by atoms with E-state index in [4.69, 9.17) is 4.99 Å². The molecule has 0 aromatic heterocycles. The second kappa shape index (κ2) is 6.84. The number of likely N-dealkylation sites (N-methyl/N-ethyl adjacent to an activating group) is 1. The molecule has 1 saturated heterocycles. The van der Waals surface area contributed by atoms with Gasteiger partial charge in [-0.2, -0.15) is 0 Å². The third-order valence-corrected chi connectivity index (χ3v) is 5.01. The highest BCUT2D eigenvalue weighted by Gasteiger charge is 2.25. The van der Waals surface area contributed by atoms with E-state index in [-0.39, 0.29) is 11.9 Å². The summed E-state index contributed by atoms with van der Waals surface area (Å²) in [6.45, 7) is 4.09. The van der Waals surface area contributed by atoms with E-state index in [2.05, 4.69) is 28.2 Å². The highest BCUT2D eigenvalue weighted by molar-refractivity contribution is 5.89. The average molecular weight is 338 g/mol. The number of piperazine rings is 1. The van der Waals surface area contributed by atoms with E-state index in [1.165, 1.54) is 12.1 Å². The normalized spacial score (nSPS) is 21.1. The zero-order valence-electron chi connectivity index (χ0n) is 14.5. The van der Waals surface area contributed by atoms with Crippen molar-refractivity contribution in [2.45, 2.75) is 12.5 Å². The molecule has 0 saturated carbocycles. The lowest BCUT2D eigenvalue weighted by Gasteiger charge is -2.35. The van der Waals surface area contributed by atoms with Crippen LogP contribution in [0.25, 0.3) is 0 Å². The summed E-state index contributed by atoms with van der Waals surface area (Å²) in [6, 6.07) is 15.0. The molecule has 2 aliphatic rings. The van der Waals surface area contributed by atoms with Crippen molar-refractivity contribution >= 4 is 17.2 Å². The van der Waals surface area contributed by atoms with Gasteiger partial charge in [0.05, 0.1) is 17.4 Å². The Morgan fingerprint density at radius 2 is 1.72 bits per heavy atom. The zero-order chi connectivity index (χ0) is 17.2. The average Bonchev–Trinajstić information content (AvgIpc) is 2.82. The van der Waals surface area contributed by atoms with Crippen LogP contribution in [-0.4, -0.2) is 48.9 Å². The monoisotopic (exact) mass is 338 g/mol. The third kappa shape index (κ3) is 3.51. The summed E-state index contributed by atoms with van der Waals surface area (Å²) in [6.07, 6.45) is 0.796. The minimum atomic E-state index is -0.203.